The maximum atomic E-state index is 12.8. The molecular weight excluding hydrogens is 314 g/mol. The molecule has 6 heteroatoms. The van der Waals surface area contributed by atoms with Crippen LogP contribution in [0.5, 0.6) is 0 Å². The van der Waals surface area contributed by atoms with Crippen molar-refractivity contribution in [1.82, 2.24) is 4.90 Å². The van der Waals surface area contributed by atoms with Crippen LogP contribution in [0.2, 0.25) is 0 Å². The van der Waals surface area contributed by atoms with E-state index in [0.717, 1.165) is 37.3 Å². The highest BCUT2D eigenvalue weighted by atomic mass is 35.5. The molecule has 0 bridgehead atoms. The Hall–Kier alpha value is -1.85. The normalized spacial score (nSPS) is 20.0. The van der Waals surface area contributed by atoms with Gasteiger partial charge in [-0.3, -0.25) is 9.59 Å². The summed E-state index contributed by atoms with van der Waals surface area (Å²) in [5, 5.41) is 0.0350. The van der Waals surface area contributed by atoms with Gasteiger partial charge >= 0.3 is 0 Å². The first kappa shape index (κ1) is 16.0. The molecule has 1 fully saturated rings. The van der Waals surface area contributed by atoms with Crippen molar-refractivity contribution in [3.63, 3.8) is 0 Å². The number of carbonyl (C=O) groups excluding carboxylic acids is 2. The zero-order valence-electron chi connectivity index (χ0n) is 13.6. The second-order valence-corrected chi connectivity index (χ2v) is 6.70. The SMILES string of the molecule is Cc1ccc(N2C(=O)C(Cl)=C(N3CC[NH+](C)CC3)C2=O)cc1C. The Morgan fingerprint density at radius 3 is 2.30 bits per heavy atom. The molecule has 1 N–H and O–H groups in total. The summed E-state index contributed by atoms with van der Waals surface area (Å²) in [6.45, 7) is 7.28. The van der Waals surface area contributed by atoms with Crippen LogP contribution < -0.4 is 9.80 Å². The number of nitrogens with zero attached hydrogens (tertiary/aromatic N) is 2. The molecule has 0 saturated carbocycles. The van der Waals surface area contributed by atoms with Crippen LogP contribution in [0.25, 0.3) is 0 Å². The van der Waals surface area contributed by atoms with E-state index in [1.54, 1.807) is 6.07 Å². The van der Waals surface area contributed by atoms with E-state index >= 15 is 0 Å². The van der Waals surface area contributed by atoms with Crippen LogP contribution in [0.4, 0.5) is 5.69 Å². The van der Waals surface area contributed by atoms with Crippen LogP contribution in [0, 0.1) is 13.8 Å². The van der Waals surface area contributed by atoms with E-state index in [9.17, 15) is 9.59 Å². The quantitative estimate of drug-likeness (QED) is 0.799. The van der Waals surface area contributed by atoms with Crippen molar-refractivity contribution in [2.45, 2.75) is 13.8 Å². The summed E-state index contributed by atoms with van der Waals surface area (Å²) in [5.41, 5.74) is 3.09. The van der Waals surface area contributed by atoms with Gasteiger partial charge in [0.2, 0.25) is 0 Å². The summed E-state index contributed by atoms with van der Waals surface area (Å²) < 4.78 is 0. The maximum absolute atomic E-state index is 12.8. The largest absolute Gasteiger partial charge is 0.354 e. The molecule has 0 atom stereocenters. The minimum atomic E-state index is -0.429. The highest BCUT2D eigenvalue weighted by molar-refractivity contribution is 6.52. The molecule has 0 spiro atoms. The lowest BCUT2D eigenvalue weighted by atomic mass is 10.1. The number of amides is 2. The number of hydrogen-bond acceptors (Lipinski definition) is 3. The molecular formula is C17H21ClN3O2+. The molecule has 2 heterocycles. The highest BCUT2D eigenvalue weighted by Crippen LogP contribution is 2.31. The van der Waals surface area contributed by atoms with E-state index in [1.807, 2.05) is 30.9 Å². The Morgan fingerprint density at radius 2 is 1.70 bits per heavy atom. The lowest BCUT2D eigenvalue weighted by Crippen LogP contribution is -3.11. The molecule has 1 aromatic rings. The minimum Gasteiger partial charge on any atom is -0.354 e. The number of nitrogens with one attached hydrogen (secondary N) is 1. The van der Waals surface area contributed by atoms with Crippen molar-refractivity contribution in [1.29, 1.82) is 0 Å². The van der Waals surface area contributed by atoms with E-state index in [-0.39, 0.29) is 10.9 Å². The van der Waals surface area contributed by atoms with Crippen molar-refractivity contribution in [3.05, 3.63) is 40.1 Å². The Balaban J connectivity index is 1.91. The van der Waals surface area contributed by atoms with Crippen LogP contribution >= 0.6 is 11.6 Å². The third-order valence-electron chi connectivity index (χ3n) is 4.69. The number of anilines is 1. The molecule has 0 aliphatic carbocycles. The lowest BCUT2D eigenvalue weighted by molar-refractivity contribution is -0.883. The van der Waals surface area contributed by atoms with Crippen LogP contribution in [0.15, 0.2) is 28.9 Å². The summed E-state index contributed by atoms with van der Waals surface area (Å²) in [6, 6.07) is 5.56. The number of carbonyl (C=O) groups is 2. The predicted octanol–water partition coefficient (Wildman–Crippen LogP) is 0.457. The third kappa shape index (κ3) is 2.75. The third-order valence-corrected chi connectivity index (χ3v) is 5.03. The second kappa shape index (κ2) is 5.98. The fourth-order valence-corrected chi connectivity index (χ4v) is 3.26. The van der Waals surface area contributed by atoms with Crippen molar-refractivity contribution in [2.75, 3.05) is 38.1 Å². The van der Waals surface area contributed by atoms with Gasteiger partial charge in [0.25, 0.3) is 11.8 Å². The standard InChI is InChI=1S/C17H20ClN3O2/c1-11-4-5-13(10-12(11)2)21-16(22)14(18)15(17(21)23)20-8-6-19(3)7-9-20/h4-5,10H,6-9H2,1-3H3/p+1. The van der Waals surface area contributed by atoms with E-state index in [0.29, 0.717) is 11.4 Å². The molecule has 2 amide bonds. The van der Waals surface area contributed by atoms with Crippen LogP contribution in [-0.4, -0.2) is 49.9 Å². The van der Waals surface area contributed by atoms with Gasteiger partial charge in [-0.15, -0.1) is 0 Å². The molecule has 1 saturated heterocycles. The molecule has 23 heavy (non-hydrogen) atoms. The number of benzene rings is 1. The molecule has 2 aliphatic heterocycles. The van der Waals surface area contributed by atoms with Crippen LogP contribution in [-0.2, 0) is 9.59 Å². The summed E-state index contributed by atoms with van der Waals surface area (Å²) in [5.74, 6) is -0.746. The first-order chi connectivity index (χ1) is 10.9. The number of halogens is 1. The predicted molar refractivity (Wildman–Crippen MR) is 89.5 cm³/mol. The van der Waals surface area contributed by atoms with Gasteiger partial charge in [-0.2, -0.15) is 0 Å². The first-order valence-electron chi connectivity index (χ1n) is 7.82. The van der Waals surface area contributed by atoms with E-state index in [2.05, 4.69) is 7.05 Å². The first-order valence-corrected chi connectivity index (χ1v) is 8.20. The monoisotopic (exact) mass is 334 g/mol. The highest BCUT2D eigenvalue weighted by Gasteiger charge is 2.42. The van der Waals surface area contributed by atoms with Gasteiger partial charge in [-0.1, -0.05) is 17.7 Å². The van der Waals surface area contributed by atoms with Crippen molar-refractivity contribution >= 4 is 29.1 Å². The number of rotatable bonds is 2. The van der Waals surface area contributed by atoms with Gasteiger partial charge in [0, 0.05) is 0 Å². The lowest BCUT2D eigenvalue weighted by Gasteiger charge is -2.32. The Bertz CT molecular complexity index is 706. The van der Waals surface area contributed by atoms with Gasteiger partial charge in [-0.05, 0) is 37.1 Å². The van der Waals surface area contributed by atoms with Gasteiger partial charge in [0.15, 0.2) is 0 Å². The Labute approximate surface area is 141 Å². The fourth-order valence-electron chi connectivity index (χ4n) is 2.98. The molecule has 0 radical (unpaired) electrons. The van der Waals surface area contributed by atoms with Gasteiger partial charge in [0.05, 0.1) is 38.9 Å². The Kier molecular flexibility index (Phi) is 4.17. The zero-order valence-corrected chi connectivity index (χ0v) is 14.4. The fraction of sp³-hybridized carbons (Fsp3) is 0.412. The van der Waals surface area contributed by atoms with E-state index < -0.39 is 5.91 Å². The number of hydrogen-bond donors (Lipinski definition) is 1. The van der Waals surface area contributed by atoms with Crippen molar-refractivity contribution in [3.8, 4) is 0 Å². The summed E-state index contributed by atoms with van der Waals surface area (Å²) in [7, 11) is 2.12. The summed E-state index contributed by atoms with van der Waals surface area (Å²) >= 11 is 6.23. The topological polar surface area (TPSA) is 45.1 Å². The molecule has 2 aliphatic rings. The average Bonchev–Trinajstić information content (AvgIpc) is 2.74. The minimum absolute atomic E-state index is 0.0350. The number of aryl methyl sites for hydroxylation is 2. The molecule has 3 rings (SSSR count). The summed E-state index contributed by atoms with van der Waals surface area (Å²) in [6.07, 6.45) is 0. The molecule has 0 unspecified atom stereocenters. The molecule has 122 valence electrons. The van der Waals surface area contributed by atoms with Crippen LogP contribution in [0.3, 0.4) is 0 Å². The van der Waals surface area contributed by atoms with E-state index in [4.69, 9.17) is 11.6 Å². The van der Waals surface area contributed by atoms with Crippen molar-refractivity contribution in [2.24, 2.45) is 0 Å². The smallest absolute Gasteiger partial charge is 0.283 e. The molecule has 0 aromatic heterocycles. The number of imide groups is 1. The second-order valence-electron chi connectivity index (χ2n) is 6.32. The summed E-state index contributed by atoms with van der Waals surface area (Å²) in [4.78, 5) is 29.9. The molecule has 5 nitrogen and oxygen atoms in total. The number of quaternary nitrogens is 1. The van der Waals surface area contributed by atoms with Crippen LogP contribution in [0.1, 0.15) is 11.1 Å². The molecule has 1 aromatic carbocycles. The number of piperazine rings is 1. The van der Waals surface area contributed by atoms with Gasteiger partial charge in [-0.25, -0.2) is 4.90 Å². The maximum Gasteiger partial charge on any atom is 0.283 e. The Morgan fingerprint density at radius 1 is 1.04 bits per heavy atom. The number of likely N-dealkylation sites (N-methyl/N-ethyl adjacent to an activating group) is 1. The average molecular weight is 335 g/mol. The van der Waals surface area contributed by atoms with Gasteiger partial charge in [0.1, 0.15) is 10.7 Å². The van der Waals surface area contributed by atoms with Crippen molar-refractivity contribution < 1.29 is 14.5 Å². The van der Waals surface area contributed by atoms with Gasteiger partial charge < -0.3 is 9.80 Å². The van der Waals surface area contributed by atoms with E-state index in [1.165, 1.54) is 9.80 Å². The zero-order chi connectivity index (χ0) is 16.7.